The SMILES string of the molecule is CCC(=O)OCOP(=O)(OCOC(=O)CC)O[C@@H]1[C@@H](O)[C@H](OP(=O)(OCOC(=O)CC)OCOC(=O)CC)[C@@H](OP(=O)(OCOC(=O)CC)OCOC(=O)CC)[C@H](O)[C@@H]1O. The van der Waals surface area contributed by atoms with Gasteiger partial charge in [0.2, 0.25) is 40.8 Å². The lowest BCUT2D eigenvalue weighted by Crippen LogP contribution is -2.65. The van der Waals surface area contributed by atoms with E-state index in [1.54, 1.807) is 0 Å². The predicted octanol–water partition coefficient (Wildman–Crippen LogP) is 2.13. The van der Waals surface area contributed by atoms with Crippen molar-refractivity contribution in [2.45, 2.75) is 117 Å². The quantitative estimate of drug-likeness (QED) is 0.0402. The lowest BCUT2D eigenvalue weighted by atomic mass is 9.85. The summed E-state index contributed by atoms with van der Waals surface area (Å²) >= 11 is 0. The van der Waals surface area contributed by atoms with Gasteiger partial charge in [-0.05, 0) is 0 Å². The number of carbonyl (C=O) groups excluding carboxylic acids is 6. The molecule has 60 heavy (non-hydrogen) atoms. The minimum atomic E-state index is -5.43. The van der Waals surface area contributed by atoms with E-state index in [0.717, 1.165) is 0 Å². The molecule has 27 nitrogen and oxygen atoms in total. The fraction of sp³-hybridized carbons (Fsp3) is 0.800. The molecule has 30 heteroatoms. The molecule has 0 spiro atoms. The highest BCUT2D eigenvalue weighted by Gasteiger charge is 2.58. The minimum absolute atomic E-state index is 0.186. The van der Waals surface area contributed by atoms with Crippen molar-refractivity contribution in [1.82, 2.24) is 0 Å². The van der Waals surface area contributed by atoms with E-state index in [1.165, 1.54) is 41.5 Å². The van der Waals surface area contributed by atoms with E-state index in [4.69, 9.17) is 69.1 Å². The van der Waals surface area contributed by atoms with Crippen LogP contribution in [-0.2, 0) is 112 Å². The van der Waals surface area contributed by atoms with Gasteiger partial charge in [-0.1, -0.05) is 41.5 Å². The van der Waals surface area contributed by atoms with Crippen LogP contribution in [0.5, 0.6) is 0 Å². The van der Waals surface area contributed by atoms with Gasteiger partial charge >= 0.3 is 59.3 Å². The number of aliphatic hydroxyl groups excluding tert-OH is 3. The van der Waals surface area contributed by atoms with Gasteiger partial charge in [0.05, 0.1) is 0 Å². The van der Waals surface area contributed by atoms with Gasteiger partial charge in [0.1, 0.15) is 36.6 Å². The highest BCUT2D eigenvalue weighted by atomic mass is 31.2. The van der Waals surface area contributed by atoms with Crippen LogP contribution in [0.15, 0.2) is 0 Å². The van der Waals surface area contributed by atoms with Crippen LogP contribution in [0, 0.1) is 0 Å². The maximum absolute atomic E-state index is 14.0. The third-order valence-electron chi connectivity index (χ3n) is 7.09. The van der Waals surface area contributed by atoms with Crippen molar-refractivity contribution in [3.05, 3.63) is 0 Å². The van der Waals surface area contributed by atoms with Crippen LogP contribution in [0.3, 0.4) is 0 Å². The number of esters is 6. The zero-order valence-electron chi connectivity index (χ0n) is 33.4. The van der Waals surface area contributed by atoms with Crippen molar-refractivity contribution >= 4 is 59.3 Å². The second-order valence-electron chi connectivity index (χ2n) is 11.2. The maximum Gasteiger partial charge on any atom is 0.481 e. The fourth-order valence-corrected chi connectivity index (χ4v) is 7.14. The number of ether oxygens (including phenoxy) is 6. The molecule has 3 N–H and O–H groups in total. The number of aliphatic hydroxyl groups is 3. The Labute approximate surface area is 343 Å². The van der Waals surface area contributed by atoms with Crippen molar-refractivity contribution in [2.24, 2.45) is 0 Å². The molecule has 1 aliphatic carbocycles. The standard InChI is InChI=1S/C30H51O27P3/c1-7-19(31)43-13-49-58(40,50-14-44-20(32)8-2)55-28-25(37)26(38)29(56-59(41,51-15-45-21(33)9-3)52-16-46-22(34)10-4)30(27(28)39)57-60(42,53-17-47-23(35)11-5)54-18-48-24(36)12-6/h25-30,37-39H,7-18H2,1-6H3/t25-,26+,27+,28-,29-,30-/m0/s1. The summed E-state index contributed by atoms with van der Waals surface area (Å²) in [7, 11) is -16.1. The molecule has 0 unspecified atom stereocenters. The molecule has 0 saturated heterocycles. The second-order valence-corrected chi connectivity index (χ2v) is 16.1. The summed E-state index contributed by atoms with van der Waals surface area (Å²) in [6.07, 6.45) is -16.7. The smallest absolute Gasteiger partial charge is 0.438 e. The molecule has 1 saturated carbocycles. The molecule has 348 valence electrons. The van der Waals surface area contributed by atoms with Gasteiger partial charge in [0.25, 0.3) is 0 Å². The summed E-state index contributed by atoms with van der Waals surface area (Å²) in [6.45, 7) is 1.24. The number of phosphoric acid groups is 3. The highest BCUT2D eigenvalue weighted by molar-refractivity contribution is 7.49. The molecule has 0 radical (unpaired) electrons. The first kappa shape index (κ1) is 55.0. The number of phosphoric ester groups is 3. The molecule has 0 aromatic rings. The summed E-state index contributed by atoms with van der Waals surface area (Å²) in [4.78, 5) is 70.5. The lowest BCUT2D eigenvalue weighted by Gasteiger charge is -2.45. The van der Waals surface area contributed by atoms with Gasteiger partial charge in [-0.3, -0.25) is 42.3 Å². The van der Waals surface area contributed by atoms with Crippen LogP contribution in [0.25, 0.3) is 0 Å². The Morgan fingerprint density at radius 1 is 0.350 bits per heavy atom. The number of carbonyl (C=O) groups is 6. The monoisotopic (exact) mass is 936 g/mol. The van der Waals surface area contributed by atoms with Crippen molar-refractivity contribution in [1.29, 1.82) is 0 Å². The third kappa shape index (κ3) is 19.8. The number of rotatable bonds is 30. The Morgan fingerprint density at radius 3 is 0.750 bits per heavy atom. The average Bonchev–Trinajstić information content (AvgIpc) is 3.22. The Balaban J connectivity index is 3.83. The van der Waals surface area contributed by atoms with E-state index in [9.17, 15) is 57.8 Å². The second kappa shape index (κ2) is 27.9. The van der Waals surface area contributed by atoms with E-state index in [0.29, 0.717) is 0 Å². The van der Waals surface area contributed by atoms with Crippen molar-refractivity contribution in [2.75, 3.05) is 40.8 Å². The molecular formula is C30H51O27P3. The topological polar surface area (TPSA) is 353 Å². The zero-order chi connectivity index (χ0) is 45.5. The van der Waals surface area contributed by atoms with E-state index >= 15 is 0 Å². The third-order valence-corrected chi connectivity index (χ3v) is 11.1. The van der Waals surface area contributed by atoms with Gasteiger partial charge in [0, 0.05) is 38.5 Å². The van der Waals surface area contributed by atoms with Crippen LogP contribution in [-0.4, -0.2) is 129 Å². The normalized spacial score (nSPS) is 20.8. The van der Waals surface area contributed by atoms with Crippen molar-refractivity contribution < 1.29 is 127 Å². The van der Waals surface area contributed by atoms with Crippen LogP contribution < -0.4 is 0 Å². The van der Waals surface area contributed by atoms with Crippen LogP contribution in [0.2, 0.25) is 0 Å². The highest BCUT2D eigenvalue weighted by Crippen LogP contribution is 2.58. The molecule has 0 aliphatic heterocycles. The molecule has 0 heterocycles. The van der Waals surface area contributed by atoms with Crippen LogP contribution in [0.4, 0.5) is 0 Å². The molecule has 1 fully saturated rings. The molecular weight excluding hydrogens is 885 g/mol. The van der Waals surface area contributed by atoms with Gasteiger partial charge in [-0.2, -0.15) is 0 Å². The summed E-state index contributed by atoms with van der Waals surface area (Å²) in [5.41, 5.74) is 0. The largest absolute Gasteiger partial charge is 0.481 e. The fourth-order valence-electron chi connectivity index (χ4n) is 3.83. The Kier molecular flexibility index (Phi) is 25.6. The van der Waals surface area contributed by atoms with Gasteiger partial charge in [-0.15, -0.1) is 0 Å². The lowest BCUT2D eigenvalue weighted by molar-refractivity contribution is -0.220. The molecule has 0 bridgehead atoms. The summed E-state index contributed by atoms with van der Waals surface area (Å²) in [6, 6.07) is 0. The predicted molar refractivity (Wildman–Crippen MR) is 189 cm³/mol. The Bertz CT molecular complexity index is 1460. The van der Waals surface area contributed by atoms with Gasteiger partial charge < -0.3 is 43.7 Å². The summed E-state index contributed by atoms with van der Waals surface area (Å²) < 4.78 is 116. The van der Waals surface area contributed by atoms with Gasteiger partial charge in [0.15, 0.2) is 0 Å². The first-order chi connectivity index (χ1) is 28.2. The average molecular weight is 937 g/mol. The Hall–Kier alpha value is -2.97. The van der Waals surface area contributed by atoms with Crippen molar-refractivity contribution in [3.63, 3.8) is 0 Å². The summed E-state index contributed by atoms with van der Waals surface area (Å²) in [5.74, 6) is -5.36. The number of hydrogen-bond acceptors (Lipinski definition) is 27. The minimum Gasteiger partial charge on any atom is -0.438 e. The zero-order valence-corrected chi connectivity index (χ0v) is 36.1. The van der Waals surface area contributed by atoms with Crippen LogP contribution in [0.1, 0.15) is 80.1 Å². The van der Waals surface area contributed by atoms with E-state index < -0.39 is 137 Å². The van der Waals surface area contributed by atoms with Gasteiger partial charge in [-0.25, -0.2) is 40.8 Å². The first-order valence-corrected chi connectivity index (χ1v) is 22.3. The summed E-state index contributed by atoms with van der Waals surface area (Å²) in [5, 5.41) is 34.3. The molecule has 0 aromatic carbocycles. The molecule has 1 aliphatic rings. The van der Waals surface area contributed by atoms with E-state index in [1.807, 2.05) is 0 Å². The van der Waals surface area contributed by atoms with Crippen molar-refractivity contribution in [3.8, 4) is 0 Å². The molecule has 1 rings (SSSR count). The molecule has 6 atom stereocenters. The molecule has 0 aromatic heterocycles. The number of hydrogen-bond donors (Lipinski definition) is 3. The van der Waals surface area contributed by atoms with Crippen LogP contribution >= 0.6 is 23.5 Å². The van der Waals surface area contributed by atoms with E-state index in [2.05, 4.69) is 0 Å². The van der Waals surface area contributed by atoms with E-state index in [-0.39, 0.29) is 38.5 Å². The maximum atomic E-state index is 14.0. The first-order valence-electron chi connectivity index (χ1n) is 18.0. The molecule has 0 amide bonds. The Morgan fingerprint density at radius 2 is 0.533 bits per heavy atom.